The van der Waals surface area contributed by atoms with Crippen LogP contribution in [-0.4, -0.2) is 16.2 Å². The molecule has 66 valence electrons. The van der Waals surface area contributed by atoms with Gasteiger partial charge in [-0.2, -0.15) is 0 Å². The third-order valence-corrected chi connectivity index (χ3v) is 1.44. The Morgan fingerprint density at radius 2 is 2.50 bits per heavy atom. The van der Waals surface area contributed by atoms with E-state index in [2.05, 4.69) is 5.16 Å². The van der Waals surface area contributed by atoms with Crippen LogP contribution in [0, 0.1) is 0 Å². The average Bonchev–Trinajstić information content (AvgIpc) is 2.36. The van der Waals surface area contributed by atoms with E-state index in [9.17, 15) is 4.79 Å². The predicted molar refractivity (Wildman–Crippen MR) is 41.8 cm³/mol. The van der Waals surface area contributed by atoms with E-state index in [1.807, 2.05) is 6.92 Å². The molecule has 0 saturated heterocycles. The van der Waals surface area contributed by atoms with E-state index in [0.29, 0.717) is 5.76 Å². The normalized spacial score (nSPS) is 10.1. The number of hydrogen-bond acceptors (Lipinski definition) is 3. The highest BCUT2D eigenvalue weighted by Crippen LogP contribution is 2.06. The van der Waals surface area contributed by atoms with Gasteiger partial charge in [-0.1, -0.05) is 18.5 Å². The Morgan fingerprint density at radius 3 is 3.08 bits per heavy atom. The quantitative estimate of drug-likeness (QED) is 0.736. The number of carboxylic acid groups (broad SMARTS) is 1. The molecule has 0 spiro atoms. The van der Waals surface area contributed by atoms with Crippen molar-refractivity contribution in [3.8, 4) is 0 Å². The fraction of sp³-hybridized carbons (Fsp3) is 0.500. The molecule has 0 aliphatic carbocycles. The summed E-state index contributed by atoms with van der Waals surface area (Å²) in [6, 6.07) is 1.69. The molecule has 1 aromatic heterocycles. The van der Waals surface area contributed by atoms with Crippen LogP contribution in [0.2, 0.25) is 0 Å². The van der Waals surface area contributed by atoms with Crippen LogP contribution >= 0.6 is 0 Å². The van der Waals surface area contributed by atoms with E-state index in [1.165, 1.54) is 0 Å². The molecule has 0 bridgehead atoms. The van der Waals surface area contributed by atoms with Crippen molar-refractivity contribution in [2.45, 2.75) is 26.2 Å². The first-order valence-electron chi connectivity index (χ1n) is 3.88. The molecule has 4 nitrogen and oxygen atoms in total. The maximum Gasteiger partial charge on any atom is 0.311 e. The first-order chi connectivity index (χ1) is 5.72. The van der Waals surface area contributed by atoms with Crippen LogP contribution in [0.5, 0.6) is 0 Å². The molecule has 1 aromatic rings. The summed E-state index contributed by atoms with van der Waals surface area (Å²) in [4.78, 5) is 10.2. The van der Waals surface area contributed by atoms with E-state index >= 15 is 0 Å². The number of aryl methyl sites for hydroxylation is 1. The lowest BCUT2D eigenvalue weighted by atomic mass is 10.2. The summed E-state index contributed by atoms with van der Waals surface area (Å²) in [5.74, 6) is -0.472. The van der Waals surface area contributed by atoms with E-state index in [1.54, 1.807) is 6.07 Å². The molecule has 0 unspecified atom stereocenters. The van der Waals surface area contributed by atoms with E-state index in [-0.39, 0.29) is 6.42 Å². The van der Waals surface area contributed by atoms with E-state index < -0.39 is 5.97 Å². The zero-order valence-corrected chi connectivity index (χ0v) is 6.91. The molecule has 0 fully saturated rings. The Morgan fingerprint density at radius 1 is 1.75 bits per heavy atom. The lowest BCUT2D eigenvalue weighted by Gasteiger charge is -1.84. The van der Waals surface area contributed by atoms with Crippen LogP contribution < -0.4 is 0 Å². The standard InChI is InChI=1S/C8H11NO3/c1-2-3-6-4-7(12-9-6)5-8(10)11/h4H,2-3,5H2,1H3,(H,10,11). The van der Waals surface area contributed by atoms with Gasteiger partial charge in [0, 0.05) is 6.07 Å². The molecule has 4 heteroatoms. The summed E-state index contributed by atoms with van der Waals surface area (Å²) in [6.07, 6.45) is 1.73. The van der Waals surface area contributed by atoms with Gasteiger partial charge >= 0.3 is 5.97 Å². The van der Waals surface area contributed by atoms with Gasteiger partial charge in [0.2, 0.25) is 0 Å². The number of carbonyl (C=O) groups is 1. The number of carboxylic acids is 1. The molecule has 1 heterocycles. The van der Waals surface area contributed by atoms with Gasteiger partial charge in [0.05, 0.1) is 5.69 Å². The zero-order valence-electron chi connectivity index (χ0n) is 6.91. The van der Waals surface area contributed by atoms with Crippen LogP contribution in [0.15, 0.2) is 10.6 Å². The highest BCUT2D eigenvalue weighted by Gasteiger charge is 2.06. The number of rotatable bonds is 4. The molecule has 1 rings (SSSR count). The summed E-state index contributed by atoms with van der Waals surface area (Å²) in [7, 11) is 0. The van der Waals surface area contributed by atoms with Crippen molar-refractivity contribution in [2.75, 3.05) is 0 Å². The van der Waals surface area contributed by atoms with Crippen molar-refractivity contribution in [3.63, 3.8) is 0 Å². The minimum Gasteiger partial charge on any atom is -0.481 e. The van der Waals surface area contributed by atoms with Crippen LogP contribution in [0.1, 0.15) is 24.8 Å². The topological polar surface area (TPSA) is 63.3 Å². The van der Waals surface area contributed by atoms with Gasteiger partial charge in [0.1, 0.15) is 12.2 Å². The predicted octanol–water partition coefficient (Wildman–Crippen LogP) is 1.25. The first-order valence-corrected chi connectivity index (χ1v) is 3.88. The van der Waals surface area contributed by atoms with Gasteiger partial charge in [-0.3, -0.25) is 4.79 Å². The van der Waals surface area contributed by atoms with Crippen molar-refractivity contribution in [3.05, 3.63) is 17.5 Å². The van der Waals surface area contributed by atoms with Crippen molar-refractivity contribution in [1.29, 1.82) is 0 Å². The van der Waals surface area contributed by atoms with E-state index in [0.717, 1.165) is 18.5 Å². The molecule has 0 saturated carbocycles. The maximum atomic E-state index is 10.2. The Labute approximate surface area is 70.2 Å². The smallest absolute Gasteiger partial charge is 0.311 e. The van der Waals surface area contributed by atoms with Gasteiger partial charge in [0.25, 0.3) is 0 Å². The fourth-order valence-electron chi connectivity index (χ4n) is 0.962. The molecule has 0 aromatic carbocycles. The van der Waals surface area contributed by atoms with Crippen LogP contribution in [0.4, 0.5) is 0 Å². The Balaban J connectivity index is 2.58. The lowest BCUT2D eigenvalue weighted by Crippen LogP contribution is -1.98. The van der Waals surface area contributed by atoms with Crippen LogP contribution in [0.3, 0.4) is 0 Å². The van der Waals surface area contributed by atoms with Gasteiger partial charge < -0.3 is 9.63 Å². The van der Waals surface area contributed by atoms with Crippen LogP contribution in [0.25, 0.3) is 0 Å². The third kappa shape index (κ3) is 2.38. The second kappa shape index (κ2) is 3.90. The van der Waals surface area contributed by atoms with Gasteiger partial charge in [-0.25, -0.2) is 0 Å². The monoisotopic (exact) mass is 169 g/mol. The number of aliphatic carboxylic acids is 1. The number of hydrogen-bond donors (Lipinski definition) is 1. The first kappa shape index (κ1) is 8.77. The average molecular weight is 169 g/mol. The molecular weight excluding hydrogens is 158 g/mol. The Kier molecular flexibility index (Phi) is 2.85. The maximum absolute atomic E-state index is 10.2. The van der Waals surface area contributed by atoms with Crippen molar-refractivity contribution in [1.82, 2.24) is 5.16 Å². The number of nitrogens with zero attached hydrogens (tertiary/aromatic N) is 1. The van der Waals surface area contributed by atoms with Crippen LogP contribution in [-0.2, 0) is 17.6 Å². The molecule has 1 N–H and O–H groups in total. The summed E-state index contributed by atoms with van der Waals surface area (Å²) in [6.45, 7) is 2.03. The third-order valence-electron chi connectivity index (χ3n) is 1.44. The minimum absolute atomic E-state index is 0.0866. The largest absolute Gasteiger partial charge is 0.481 e. The summed E-state index contributed by atoms with van der Waals surface area (Å²) >= 11 is 0. The summed E-state index contributed by atoms with van der Waals surface area (Å²) < 4.78 is 4.80. The summed E-state index contributed by atoms with van der Waals surface area (Å²) in [5.41, 5.74) is 0.828. The molecule has 0 aliphatic rings. The zero-order chi connectivity index (χ0) is 8.97. The van der Waals surface area contributed by atoms with Gasteiger partial charge in [0.15, 0.2) is 0 Å². The molecular formula is C8H11NO3. The Bertz CT molecular complexity index is 267. The highest BCUT2D eigenvalue weighted by molar-refractivity contribution is 5.69. The Hall–Kier alpha value is -1.32. The SMILES string of the molecule is CCCc1cc(CC(=O)O)on1. The van der Waals surface area contributed by atoms with Crippen molar-refractivity contribution >= 4 is 5.97 Å². The lowest BCUT2D eigenvalue weighted by molar-refractivity contribution is -0.136. The molecule has 0 aliphatic heterocycles. The molecule has 0 radical (unpaired) electrons. The van der Waals surface area contributed by atoms with Gasteiger partial charge in [-0.05, 0) is 6.42 Å². The highest BCUT2D eigenvalue weighted by atomic mass is 16.5. The molecule has 0 amide bonds. The number of aromatic nitrogens is 1. The van der Waals surface area contributed by atoms with Gasteiger partial charge in [-0.15, -0.1) is 0 Å². The second-order valence-electron chi connectivity index (χ2n) is 2.61. The van der Waals surface area contributed by atoms with Crippen molar-refractivity contribution < 1.29 is 14.4 Å². The molecule has 12 heavy (non-hydrogen) atoms. The minimum atomic E-state index is -0.894. The molecule has 0 atom stereocenters. The summed E-state index contributed by atoms with van der Waals surface area (Å²) in [5, 5.41) is 12.1. The second-order valence-corrected chi connectivity index (χ2v) is 2.61. The van der Waals surface area contributed by atoms with Crippen molar-refractivity contribution in [2.24, 2.45) is 0 Å². The van der Waals surface area contributed by atoms with E-state index in [4.69, 9.17) is 9.63 Å². The fourth-order valence-corrected chi connectivity index (χ4v) is 0.962.